The molecule has 0 saturated carbocycles. The lowest BCUT2D eigenvalue weighted by Crippen LogP contribution is -2.37. The Morgan fingerprint density at radius 1 is 1.09 bits per heavy atom. The fourth-order valence-electron chi connectivity index (χ4n) is 2.94. The zero-order chi connectivity index (χ0) is 15.7. The molecule has 2 aromatic rings. The molecule has 3 nitrogen and oxygen atoms in total. The van der Waals surface area contributed by atoms with E-state index in [0.717, 1.165) is 16.1 Å². The van der Waals surface area contributed by atoms with E-state index in [2.05, 4.69) is 0 Å². The van der Waals surface area contributed by atoms with Crippen molar-refractivity contribution in [2.75, 3.05) is 11.9 Å². The second-order valence-corrected chi connectivity index (χ2v) is 6.81. The molecule has 0 unspecified atom stereocenters. The topological polar surface area (TPSA) is 37.4 Å². The van der Waals surface area contributed by atoms with Gasteiger partial charge in [-0.25, -0.2) is 0 Å². The SMILES string of the molecule is CN1C(=O)[C@@](C)(CC(=O)Sc2ccccc2)c2ccccc21. The van der Waals surface area contributed by atoms with Crippen LogP contribution in [0.3, 0.4) is 0 Å². The Kier molecular flexibility index (Phi) is 3.79. The zero-order valence-electron chi connectivity index (χ0n) is 12.6. The first-order chi connectivity index (χ1) is 10.5. The van der Waals surface area contributed by atoms with Crippen molar-refractivity contribution in [2.45, 2.75) is 23.7 Å². The summed E-state index contributed by atoms with van der Waals surface area (Å²) in [6.45, 7) is 1.86. The van der Waals surface area contributed by atoms with E-state index in [4.69, 9.17) is 0 Å². The summed E-state index contributed by atoms with van der Waals surface area (Å²) < 4.78 is 0. The van der Waals surface area contributed by atoms with E-state index in [9.17, 15) is 9.59 Å². The highest BCUT2D eigenvalue weighted by molar-refractivity contribution is 8.13. The van der Waals surface area contributed by atoms with Crippen molar-refractivity contribution < 1.29 is 9.59 Å². The highest BCUT2D eigenvalue weighted by atomic mass is 32.2. The van der Waals surface area contributed by atoms with E-state index < -0.39 is 5.41 Å². The van der Waals surface area contributed by atoms with Gasteiger partial charge in [0, 0.05) is 24.1 Å². The van der Waals surface area contributed by atoms with Crippen molar-refractivity contribution in [2.24, 2.45) is 0 Å². The molecule has 1 amide bonds. The van der Waals surface area contributed by atoms with E-state index in [-0.39, 0.29) is 17.4 Å². The molecular weight excluding hydrogens is 294 g/mol. The predicted octanol–water partition coefficient (Wildman–Crippen LogP) is 3.63. The Bertz CT molecular complexity index is 729. The number of amides is 1. The van der Waals surface area contributed by atoms with E-state index in [1.165, 1.54) is 11.8 Å². The van der Waals surface area contributed by atoms with Crippen LogP contribution in [-0.4, -0.2) is 18.1 Å². The molecule has 0 aromatic heterocycles. The lowest BCUT2D eigenvalue weighted by molar-refractivity contribution is -0.125. The number of carbonyl (C=O) groups excluding carboxylic acids is 2. The van der Waals surface area contributed by atoms with Gasteiger partial charge in [0.2, 0.25) is 5.91 Å². The molecule has 0 saturated heterocycles. The van der Waals surface area contributed by atoms with Crippen LogP contribution in [-0.2, 0) is 15.0 Å². The zero-order valence-corrected chi connectivity index (χ0v) is 13.4. The van der Waals surface area contributed by atoms with Crippen LogP contribution in [0.4, 0.5) is 5.69 Å². The van der Waals surface area contributed by atoms with Gasteiger partial charge >= 0.3 is 0 Å². The summed E-state index contributed by atoms with van der Waals surface area (Å²) >= 11 is 1.20. The average Bonchev–Trinajstić information content (AvgIpc) is 2.71. The molecule has 1 aliphatic rings. The van der Waals surface area contributed by atoms with E-state index in [0.29, 0.717) is 0 Å². The number of hydrogen-bond donors (Lipinski definition) is 0. The van der Waals surface area contributed by atoms with Gasteiger partial charge in [-0.3, -0.25) is 9.59 Å². The van der Waals surface area contributed by atoms with Gasteiger partial charge in [-0.05, 0) is 30.7 Å². The van der Waals surface area contributed by atoms with Crippen LogP contribution in [0.2, 0.25) is 0 Å². The molecule has 3 rings (SSSR count). The number of benzene rings is 2. The normalized spacial score (nSPS) is 20.1. The average molecular weight is 311 g/mol. The van der Waals surface area contributed by atoms with Gasteiger partial charge in [0.1, 0.15) is 0 Å². The summed E-state index contributed by atoms with van der Waals surface area (Å²) in [7, 11) is 1.77. The minimum absolute atomic E-state index is 0.00662. The maximum Gasteiger partial charge on any atom is 0.237 e. The third-order valence-electron chi connectivity index (χ3n) is 4.11. The number of likely N-dealkylation sites (N-methyl/N-ethyl adjacent to an activating group) is 1. The van der Waals surface area contributed by atoms with Crippen molar-refractivity contribution in [3.05, 3.63) is 60.2 Å². The molecule has 0 radical (unpaired) electrons. The monoisotopic (exact) mass is 311 g/mol. The van der Waals surface area contributed by atoms with Crippen LogP contribution >= 0.6 is 11.8 Å². The van der Waals surface area contributed by atoms with Crippen LogP contribution in [0.1, 0.15) is 18.9 Å². The smallest absolute Gasteiger partial charge is 0.237 e. The van der Waals surface area contributed by atoms with Gasteiger partial charge in [0.05, 0.1) is 5.41 Å². The van der Waals surface area contributed by atoms with Gasteiger partial charge in [0.15, 0.2) is 5.12 Å². The fraction of sp³-hybridized carbons (Fsp3) is 0.222. The molecule has 0 fully saturated rings. The Hall–Kier alpha value is -2.07. The van der Waals surface area contributed by atoms with Crippen LogP contribution < -0.4 is 4.90 Å². The molecule has 1 atom stereocenters. The summed E-state index contributed by atoms with van der Waals surface area (Å²) in [6.07, 6.45) is 0.201. The minimum atomic E-state index is -0.774. The van der Waals surface area contributed by atoms with Crippen LogP contribution in [0, 0.1) is 0 Å². The Balaban J connectivity index is 1.85. The molecule has 2 aromatic carbocycles. The van der Waals surface area contributed by atoms with Crippen LogP contribution in [0.25, 0.3) is 0 Å². The lowest BCUT2D eigenvalue weighted by Gasteiger charge is -2.22. The number of nitrogens with zero attached hydrogens (tertiary/aromatic N) is 1. The Morgan fingerprint density at radius 2 is 1.73 bits per heavy atom. The molecular formula is C18H17NO2S. The molecule has 4 heteroatoms. The minimum Gasteiger partial charge on any atom is -0.314 e. The first-order valence-electron chi connectivity index (χ1n) is 7.16. The molecule has 0 bridgehead atoms. The van der Waals surface area contributed by atoms with E-state index in [1.807, 2.05) is 61.5 Å². The number of fused-ring (bicyclic) bond motifs is 1. The third-order valence-corrected chi connectivity index (χ3v) is 4.99. The fourth-order valence-corrected chi connectivity index (χ4v) is 3.86. The number of hydrogen-bond acceptors (Lipinski definition) is 3. The first kappa shape index (κ1) is 14.9. The van der Waals surface area contributed by atoms with Gasteiger partial charge in [-0.2, -0.15) is 0 Å². The summed E-state index contributed by atoms with van der Waals surface area (Å²) in [5.41, 5.74) is 1.06. The Labute approximate surface area is 134 Å². The van der Waals surface area contributed by atoms with Gasteiger partial charge < -0.3 is 4.90 Å². The van der Waals surface area contributed by atoms with Crippen molar-refractivity contribution in [3.8, 4) is 0 Å². The maximum atomic E-state index is 12.6. The molecule has 0 N–H and O–H groups in total. The van der Waals surface area contributed by atoms with Crippen molar-refractivity contribution in [1.29, 1.82) is 0 Å². The lowest BCUT2D eigenvalue weighted by atomic mass is 9.81. The number of anilines is 1. The molecule has 1 heterocycles. The van der Waals surface area contributed by atoms with Gasteiger partial charge in [-0.15, -0.1) is 0 Å². The number of para-hydroxylation sites is 1. The first-order valence-corrected chi connectivity index (χ1v) is 7.97. The molecule has 0 spiro atoms. The Morgan fingerprint density at radius 3 is 2.45 bits per heavy atom. The third kappa shape index (κ3) is 2.44. The van der Waals surface area contributed by atoms with E-state index in [1.54, 1.807) is 11.9 Å². The summed E-state index contributed by atoms with van der Waals surface area (Å²) in [6, 6.07) is 17.2. The molecule has 112 valence electrons. The van der Waals surface area contributed by atoms with Crippen molar-refractivity contribution in [3.63, 3.8) is 0 Å². The van der Waals surface area contributed by atoms with Gasteiger partial charge in [-0.1, -0.05) is 48.2 Å². The van der Waals surface area contributed by atoms with E-state index >= 15 is 0 Å². The standard InChI is InChI=1S/C18H17NO2S/c1-18(12-16(20)22-13-8-4-3-5-9-13)14-10-6-7-11-15(14)19(2)17(18)21/h3-11H,12H2,1-2H3/t18-/m0/s1. The highest BCUT2D eigenvalue weighted by Crippen LogP contribution is 2.44. The predicted molar refractivity (Wildman–Crippen MR) is 89.1 cm³/mol. The second kappa shape index (κ2) is 5.61. The number of rotatable bonds is 3. The molecule has 0 aliphatic carbocycles. The van der Waals surface area contributed by atoms with Gasteiger partial charge in [0.25, 0.3) is 0 Å². The highest BCUT2D eigenvalue weighted by Gasteiger charge is 2.47. The van der Waals surface area contributed by atoms with Crippen molar-refractivity contribution >= 4 is 28.5 Å². The summed E-state index contributed by atoms with van der Waals surface area (Å²) in [5, 5.41) is 0.00662. The van der Waals surface area contributed by atoms with Crippen molar-refractivity contribution in [1.82, 2.24) is 0 Å². The van der Waals surface area contributed by atoms with Crippen LogP contribution in [0.5, 0.6) is 0 Å². The largest absolute Gasteiger partial charge is 0.314 e. The summed E-state index contributed by atoms with van der Waals surface area (Å²) in [4.78, 5) is 27.6. The second-order valence-electron chi connectivity index (χ2n) is 5.68. The quantitative estimate of drug-likeness (QED) is 0.812. The summed E-state index contributed by atoms with van der Waals surface area (Å²) in [5.74, 6) is -0.0179. The molecule has 22 heavy (non-hydrogen) atoms. The number of thioether (sulfide) groups is 1. The van der Waals surface area contributed by atoms with Crippen LogP contribution in [0.15, 0.2) is 59.5 Å². The molecule has 1 aliphatic heterocycles. The number of carbonyl (C=O) groups is 2. The maximum absolute atomic E-state index is 12.6.